The zero-order valence-electron chi connectivity index (χ0n) is 15.2. The molecule has 0 heterocycles. The first-order valence-corrected chi connectivity index (χ1v) is 9.40. The van der Waals surface area contributed by atoms with E-state index in [0.29, 0.717) is 5.56 Å². The number of nitrogens with zero attached hydrogens (tertiary/aromatic N) is 2. The first-order valence-electron chi connectivity index (χ1n) is 7.96. The Morgan fingerprint density at radius 2 is 1.93 bits per heavy atom. The van der Waals surface area contributed by atoms with Crippen LogP contribution in [0.2, 0.25) is 0 Å². The highest BCUT2D eigenvalue weighted by Gasteiger charge is 2.22. The molecule has 0 aliphatic heterocycles. The van der Waals surface area contributed by atoms with Crippen LogP contribution in [-0.4, -0.2) is 50.7 Å². The van der Waals surface area contributed by atoms with Gasteiger partial charge in [0.15, 0.2) is 11.5 Å². The van der Waals surface area contributed by atoms with E-state index >= 15 is 0 Å². The molecule has 2 N–H and O–H groups in total. The highest BCUT2D eigenvalue weighted by molar-refractivity contribution is 7.89. The third-order valence-electron chi connectivity index (χ3n) is 3.70. The predicted molar refractivity (Wildman–Crippen MR) is 101 cm³/mol. The van der Waals surface area contributed by atoms with Gasteiger partial charge in [0.25, 0.3) is 5.91 Å². The highest BCUT2D eigenvalue weighted by atomic mass is 32.2. The number of phenols is 1. The van der Waals surface area contributed by atoms with Crippen molar-refractivity contribution in [3.8, 4) is 11.5 Å². The smallest absolute Gasteiger partial charge is 0.255 e. The fraction of sp³-hybridized carbons (Fsp3) is 0.222. The summed E-state index contributed by atoms with van der Waals surface area (Å²) < 4.78 is 30.8. The number of phenolic OH excluding ortho intramolecular Hbond substituents is 1. The molecule has 2 rings (SSSR count). The molecular weight excluding hydrogens is 370 g/mol. The van der Waals surface area contributed by atoms with Gasteiger partial charge in [-0.1, -0.05) is 17.7 Å². The summed E-state index contributed by atoms with van der Waals surface area (Å²) in [5.41, 5.74) is 3.80. The van der Waals surface area contributed by atoms with E-state index in [9.17, 15) is 18.3 Å². The summed E-state index contributed by atoms with van der Waals surface area (Å²) >= 11 is 0. The molecule has 0 aliphatic carbocycles. The molecule has 8 nitrogen and oxygen atoms in total. The van der Waals surface area contributed by atoms with E-state index in [2.05, 4.69) is 10.5 Å². The van der Waals surface area contributed by atoms with E-state index < -0.39 is 15.9 Å². The maximum atomic E-state index is 12.4. The second-order valence-corrected chi connectivity index (χ2v) is 7.84. The summed E-state index contributed by atoms with van der Waals surface area (Å²) in [6.45, 7) is 1.47. The molecule has 0 saturated heterocycles. The number of likely N-dealkylation sites (N-methyl/N-ethyl adjacent to an activating group) is 1. The van der Waals surface area contributed by atoms with E-state index in [1.807, 2.05) is 6.92 Å². The SMILES string of the molecule is COc1cc(/C=N/NC(=O)CN(C)S(=O)(=O)c2ccc(C)cc2)ccc1O. The predicted octanol–water partition coefficient (Wildman–Crippen LogP) is 1.48. The summed E-state index contributed by atoms with van der Waals surface area (Å²) in [5.74, 6) is -0.328. The van der Waals surface area contributed by atoms with Crippen molar-refractivity contribution >= 4 is 22.1 Å². The number of carbonyl (C=O) groups excluding carboxylic acids is 1. The van der Waals surface area contributed by atoms with Crippen LogP contribution in [0.4, 0.5) is 0 Å². The van der Waals surface area contributed by atoms with Gasteiger partial charge in [0.2, 0.25) is 10.0 Å². The van der Waals surface area contributed by atoms with Gasteiger partial charge in [-0.25, -0.2) is 13.8 Å². The molecule has 27 heavy (non-hydrogen) atoms. The molecule has 1 amide bonds. The lowest BCUT2D eigenvalue weighted by Crippen LogP contribution is -2.36. The molecular formula is C18H21N3O5S. The van der Waals surface area contributed by atoms with Crippen LogP contribution in [0.15, 0.2) is 52.5 Å². The molecule has 2 aromatic carbocycles. The third-order valence-corrected chi connectivity index (χ3v) is 5.52. The van der Waals surface area contributed by atoms with Crippen molar-refractivity contribution in [1.29, 1.82) is 0 Å². The van der Waals surface area contributed by atoms with E-state index in [-0.39, 0.29) is 22.9 Å². The van der Waals surface area contributed by atoms with Gasteiger partial charge in [-0.15, -0.1) is 0 Å². The number of aromatic hydroxyl groups is 1. The molecule has 0 aliphatic rings. The van der Waals surface area contributed by atoms with Crippen LogP contribution in [0.5, 0.6) is 11.5 Å². The minimum atomic E-state index is -3.77. The number of methoxy groups -OCH3 is 1. The van der Waals surface area contributed by atoms with Crippen LogP contribution in [0.3, 0.4) is 0 Å². The Bertz CT molecular complexity index is 940. The second-order valence-electron chi connectivity index (χ2n) is 5.80. The zero-order chi connectivity index (χ0) is 20.0. The van der Waals surface area contributed by atoms with Crippen molar-refractivity contribution in [2.45, 2.75) is 11.8 Å². The van der Waals surface area contributed by atoms with Crippen molar-refractivity contribution in [1.82, 2.24) is 9.73 Å². The molecule has 0 saturated carbocycles. The van der Waals surface area contributed by atoms with Crippen molar-refractivity contribution in [3.05, 3.63) is 53.6 Å². The van der Waals surface area contributed by atoms with Gasteiger partial charge in [0, 0.05) is 7.05 Å². The van der Waals surface area contributed by atoms with Crippen molar-refractivity contribution < 1.29 is 23.1 Å². The van der Waals surface area contributed by atoms with Crippen molar-refractivity contribution in [3.63, 3.8) is 0 Å². The van der Waals surface area contributed by atoms with Crippen LogP contribution < -0.4 is 10.2 Å². The van der Waals surface area contributed by atoms with E-state index in [0.717, 1.165) is 9.87 Å². The van der Waals surface area contributed by atoms with E-state index in [1.54, 1.807) is 24.3 Å². The number of aryl methyl sites for hydroxylation is 1. The number of carbonyl (C=O) groups is 1. The lowest BCUT2D eigenvalue weighted by atomic mass is 10.2. The second kappa shape index (κ2) is 8.65. The highest BCUT2D eigenvalue weighted by Crippen LogP contribution is 2.25. The molecule has 0 atom stereocenters. The molecule has 0 radical (unpaired) electrons. The lowest BCUT2D eigenvalue weighted by molar-refractivity contribution is -0.121. The Kier molecular flexibility index (Phi) is 6.54. The quantitative estimate of drug-likeness (QED) is 0.549. The summed E-state index contributed by atoms with van der Waals surface area (Å²) in [5, 5.41) is 13.3. The van der Waals surface area contributed by atoms with Gasteiger partial charge < -0.3 is 9.84 Å². The number of hydrogen-bond donors (Lipinski definition) is 2. The minimum absolute atomic E-state index is 0.0124. The van der Waals surface area contributed by atoms with E-state index in [1.165, 1.54) is 38.6 Å². The van der Waals surface area contributed by atoms with Gasteiger partial charge in [0.05, 0.1) is 24.8 Å². The molecule has 144 valence electrons. The molecule has 0 spiro atoms. The number of ether oxygens (including phenoxy) is 1. The number of rotatable bonds is 7. The fourth-order valence-electron chi connectivity index (χ4n) is 2.17. The molecule has 0 unspecified atom stereocenters. The standard InChI is InChI=1S/C18H21N3O5S/c1-13-4-7-15(8-5-13)27(24,25)21(2)12-18(23)20-19-11-14-6-9-16(22)17(10-14)26-3/h4-11,22H,12H2,1-3H3,(H,20,23)/b19-11+. The summed E-state index contributed by atoms with van der Waals surface area (Å²) in [4.78, 5) is 12.1. The van der Waals surface area contributed by atoms with Crippen molar-refractivity contribution in [2.24, 2.45) is 5.10 Å². The first-order chi connectivity index (χ1) is 12.7. The van der Waals surface area contributed by atoms with Gasteiger partial charge in [-0.2, -0.15) is 9.41 Å². The van der Waals surface area contributed by atoms with Gasteiger partial charge >= 0.3 is 0 Å². The first kappa shape index (κ1) is 20.4. The largest absolute Gasteiger partial charge is 0.504 e. The summed E-state index contributed by atoms with van der Waals surface area (Å²) in [6.07, 6.45) is 1.36. The minimum Gasteiger partial charge on any atom is -0.504 e. The summed E-state index contributed by atoms with van der Waals surface area (Å²) in [6, 6.07) is 10.9. The fourth-order valence-corrected chi connectivity index (χ4v) is 3.29. The topological polar surface area (TPSA) is 108 Å². The molecule has 9 heteroatoms. The Balaban J connectivity index is 1.97. The number of hydrogen-bond acceptors (Lipinski definition) is 6. The van der Waals surface area contributed by atoms with Gasteiger partial charge in [-0.3, -0.25) is 4.79 Å². The van der Waals surface area contributed by atoms with Crippen LogP contribution in [0.25, 0.3) is 0 Å². The maximum absolute atomic E-state index is 12.4. The van der Waals surface area contributed by atoms with Gasteiger partial charge in [0.1, 0.15) is 0 Å². The lowest BCUT2D eigenvalue weighted by Gasteiger charge is -2.16. The molecule has 0 fully saturated rings. The molecule has 2 aromatic rings. The number of sulfonamides is 1. The van der Waals surface area contributed by atoms with Crippen LogP contribution >= 0.6 is 0 Å². The van der Waals surface area contributed by atoms with Gasteiger partial charge in [-0.05, 0) is 42.8 Å². The average molecular weight is 391 g/mol. The zero-order valence-corrected chi connectivity index (χ0v) is 16.0. The molecule has 0 bridgehead atoms. The normalized spacial score (nSPS) is 11.7. The Morgan fingerprint density at radius 1 is 1.26 bits per heavy atom. The number of nitrogens with one attached hydrogen (secondary N) is 1. The average Bonchev–Trinajstić information content (AvgIpc) is 2.63. The summed E-state index contributed by atoms with van der Waals surface area (Å²) in [7, 11) is -1.02. The maximum Gasteiger partial charge on any atom is 0.255 e. The Morgan fingerprint density at radius 3 is 2.56 bits per heavy atom. The molecule has 0 aromatic heterocycles. The Labute approximate surface area is 158 Å². The monoisotopic (exact) mass is 391 g/mol. The Hall–Kier alpha value is -2.91. The third kappa shape index (κ3) is 5.28. The van der Waals surface area contributed by atoms with Crippen LogP contribution in [0.1, 0.15) is 11.1 Å². The van der Waals surface area contributed by atoms with Crippen molar-refractivity contribution in [2.75, 3.05) is 20.7 Å². The van der Waals surface area contributed by atoms with E-state index in [4.69, 9.17) is 4.74 Å². The number of amides is 1. The number of hydrazone groups is 1. The number of benzene rings is 2. The van der Waals surface area contributed by atoms with Crippen LogP contribution in [0, 0.1) is 6.92 Å². The van der Waals surface area contributed by atoms with Crippen LogP contribution in [-0.2, 0) is 14.8 Å².